The maximum atomic E-state index is 12.8. The van der Waals surface area contributed by atoms with E-state index in [9.17, 15) is 4.39 Å². The Morgan fingerprint density at radius 3 is 2.50 bits per heavy atom. The molecule has 0 aliphatic carbocycles. The lowest BCUT2D eigenvalue weighted by Gasteiger charge is -2.25. The highest BCUT2D eigenvalue weighted by Gasteiger charge is 2.19. The van der Waals surface area contributed by atoms with E-state index in [1.165, 1.54) is 12.1 Å². The largest absolute Gasteiger partial charge is 0.315 e. The monoisotopic (exact) mass is 220 g/mol. The van der Waals surface area contributed by atoms with Crippen LogP contribution >= 0.6 is 0 Å². The fourth-order valence-corrected chi connectivity index (χ4v) is 1.55. The van der Waals surface area contributed by atoms with Crippen molar-refractivity contribution in [1.82, 2.24) is 5.32 Å². The Hall–Kier alpha value is -1.40. The molecule has 0 unspecified atom stereocenters. The third-order valence-corrected chi connectivity index (χ3v) is 2.61. The SMILES string of the molecule is CC(C)(CNCCC#N)c1ccc(F)cc1. The summed E-state index contributed by atoms with van der Waals surface area (Å²) in [5.74, 6) is -0.211. The van der Waals surface area contributed by atoms with Gasteiger partial charge in [0.05, 0.1) is 6.07 Å². The van der Waals surface area contributed by atoms with Crippen molar-refractivity contribution in [3.63, 3.8) is 0 Å². The van der Waals surface area contributed by atoms with Crippen molar-refractivity contribution in [3.05, 3.63) is 35.6 Å². The molecule has 2 nitrogen and oxygen atoms in total. The second-order valence-corrected chi connectivity index (χ2v) is 4.48. The summed E-state index contributed by atoms with van der Waals surface area (Å²) in [5, 5.41) is 11.6. The average Bonchev–Trinajstić information content (AvgIpc) is 2.25. The van der Waals surface area contributed by atoms with Gasteiger partial charge in [-0.3, -0.25) is 0 Å². The van der Waals surface area contributed by atoms with Gasteiger partial charge in [-0.25, -0.2) is 4.39 Å². The predicted molar refractivity (Wildman–Crippen MR) is 62.5 cm³/mol. The Balaban J connectivity index is 2.56. The van der Waals surface area contributed by atoms with Crippen molar-refractivity contribution in [2.75, 3.05) is 13.1 Å². The van der Waals surface area contributed by atoms with Gasteiger partial charge in [-0.05, 0) is 17.7 Å². The quantitative estimate of drug-likeness (QED) is 0.774. The number of hydrogen-bond donors (Lipinski definition) is 1. The summed E-state index contributed by atoms with van der Waals surface area (Å²) in [6.07, 6.45) is 0.513. The molecule has 0 spiro atoms. The Labute approximate surface area is 96.1 Å². The van der Waals surface area contributed by atoms with Gasteiger partial charge in [-0.15, -0.1) is 0 Å². The molecule has 1 aromatic carbocycles. The molecule has 0 atom stereocenters. The van der Waals surface area contributed by atoms with E-state index in [4.69, 9.17) is 5.26 Å². The second-order valence-electron chi connectivity index (χ2n) is 4.48. The van der Waals surface area contributed by atoms with Crippen LogP contribution in [0.25, 0.3) is 0 Å². The summed E-state index contributed by atoms with van der Waals surface area (Å²) < 4.78 is 12.8. The van der Waals surface area contributed by atoms with Crippen molar-refractivity contribution < 1.29 is 4.39 Å². The molecule has 1 aromatic rings. The maximum absolute atomic E-state index is 12.8. The molecule has 1 N–H and O–H groups in total. The summed E-state index contributed by atoms with van der Waals surface area (Å²) in [4.78, 5) is 0. The van der Waals surface area contributed by atoms with Crippen LogP contribution in [0.5, 0.6) is 0 Å². The molecular weight excluding hydrogens is 203 g/mol. The molecule has 86 valence electrons. The molecule has 16 heavy (non-hydrogen) atoms. The number of nitrogens with zero attached hydrogens (tertiary/aromatic N) is 1. The van der Waals surface area contributed by atoms with E-state index in [-0.39, 0.29) is 11.2 Å². The number of hydrogen-bond acceptors (Lipinski definition) is 2. The van der Waals surface area contributed by atoms with Crippen LogP contribution in [-0.2, 0) is 5.41 Å². The first-order valence-corrected chi connectivity index (χ1v) is 5.40. The van der Waals surface area contributed by atoms with Gasteiger partial charge in [0.15, 0.2) is 0 Å². The van der Waals surface area contributed by atoms with E-state index in [0.717, 1.165) is 12.1 Å². The smallest absolute Gasteiger partial charge is 0.123 e. The van der Waals surface area contributed by atoms with Crippen LogP contribution < -0.4 is 5.32 Å². The Morgan fingerprint density at radius 1 is 1.31 bits per heavy atom. The summed E-state index contributed by atoms with van der Waals surface area (Å²) >= 11 is 0. The lowest BCUT2D eigenvalue weighted by atomic mass is 9.84. The average molecular weight is 220 g/mol. The Bertz CT molecular complexity index is 363. The van der Waals surface area contributed by atoms with Crippen LogP contribution in [-0.4, -0.2) is 13.1 Å². The van der Waals surface area contributed by atoms with E-state index in [1.807, 2.05) is 0 Å². The number of halogens is 1. The van der Waals surface area contributed by atoms with E-state index in [0.29, 0.717) is 13.0 Å². The van der Waals surface area contributed by atoms with Crippen LogP contribution in [0.15, 0.2) is 24.3 Å². The molecule has 0 saturated heterocycles. The van der Waals surface area contributed by atoms with Gasteiger partial charge < -0.3 is 5.32 Å². The van der Waals surface area contributed by atoms with E-state index in [1.54, 1.807) is 12.1 Å². The minimum Gasteiger partial charge on any atom is -0.315 e. The molecule has 0 radical (unpaired) electrons. The van der Waals surface area contributed by atoms with Crippen molar-refractivity contribution in [3.8, 4) is 6.07 Å². The van der Waals surface area contributed by atoms with Crippen molar-refractivity contribution in [1.29, 1.82) is 5.26 Å². The molecule has 0 saturated carbocycles. The zero-order valence-corrected chi connectivity index (χ0v) is 9.76. The molecule has 0 heterocycles. The third-order valence-electron chi connectivity index (χ3n) is 2.61. The maximum Gasteiger partial charge on any atom is 0.123 e. The molecule has 0 bridgehead atoms. The summed E-state index contributed by atoms with van der Waals surface area (Å²) in [7, 11) is 0. The Morgan fingerprint density at radius 2 is 1.94 bits per heavy atom. The molecular formula is C13H17FN2. The predicted octanol–water partition coefficient (Wildman–Crippen LogP) is 2.61. The first-order valence-electron chi connectivity index (χ1n) is 5.40. The van der Waals surface area contributed by atoms with E-state index >= 15 is 0 Å². The standard InChI is InChI=1S/C13H17FN2/c1-13(2,10-16-9-3-8-15)11-4-6-12(14)7-5-11/h4-7,16H,3,9-10H2,1-2H3. The Kier molecular flexibility index (Phi) is 4.45. The molecule has 0 aromatic heterocycles. The lowest BCUT2D eigenvalue weighted by molar-refractivity contribution is 0.472. The first kappa shape index (κ1) is 12.7. The van der Waals surface area contributed by atoms with Gasteiger partial charge >= 0.3 is 0 Å². The highest BCUT2D eigenvalue weighted by molar-refractivity contribution is 5.24. The summed E-state index contributed by atoms with van der Waals surface area (Å²) in [6, 6.07) is 8.66. The molecule has 3 heteroatoms. The van der Waals surface area contributed by atoms with Gasteiger partial charge in [0.2, 0.25) is 0 Å². The van der Waals surface area contributed by atoms with Crippen molar-refractivity contribution >= 4 is 0 Å². The van der Waals surface area contributed by atoms with Crippen LogP contribution in [0.1, 0.15) is 25.8 Å². The molecule has 0 aliphatic rings. The van der Waals surface area contributed by atoms with Gasteiger partial charge in [0.1, 0.15) is 5.82 Å². The molecule has 0 amide bonds. The second kappa shape index (κ2) is 5.62. The number of nitrogens with one attached hydrogen (secondary N) is 1. The normalized spacial score (nSPS) is 11.1. The van der Waals surface area contributed by atoms with E-state index in [2.05, 4.69) is 25.2 Å². The van der Waals surface area contributed by atoms with Gasteiger partial charge in [-0.1, -0.05) is 26.0 Å². The fourth-order valence-electron chi connectivity index (χ4n) is 1.55. The van der Waals surface area contributed by atoms with Crippen LogP contribution in [0.4, 0.5) is 4.39 Å². The zero-order valence-electron chi connectivity index (χ0n) is 9.76. The fraction of sp³-hybridized carbons (Fsp3) is 0.462. The first-order chi connectivity index (χ1) is 7.56. The minimum atomic E-state index is -0.211. The molecule has 1 rings (SSSR count). The molecule has 0 aliphatic heterocycles. The zero-order chi connectivity index (χ0) is 12.0. The number of rotatable bonds is 5. The lowest BCUT2D eigenvalue weighted by Crippen LogP contribution is -2.33. The summed E-state index contributed by atoms with van der Waals surface area (Å²) in [6.45, 7) is 5.67. The highest BCUT2D eigenvalue weighted by Crippen LogP contribution is 2.22. The summed E-state index contributed by atoms with van der Waals surface area (Å²) in [5.41, 5.74) is 1.04. The van der Waals surface area contributed by atoms with E-state index < -0.39 is 0 Å². The topological polar surface area (TPSA) is 35.8 Å². The van der Waals surface area contributed by atoms with Gasteiger partial charge in [-0.2, -0.15) is 5.26 Å². The minimum absolute atomic E-state index is 0.0524. The molecule has 0 fully saturated rings. The van der Waals surface area contributed by atoms with Crippen LogP contribution in [0.3, 0.4) is 0 Å². The number of benzene rings is 1. The van der Waals surface area contributed by atoms with Crippen LogP contribution in [0.2, 0.25) is 0 Å². The van der Waals surface area contributed by atoms with Crippen molar-refractivity contribution in [2.45, 2.75) is 25.7 Å². The highest BCUT2D eigenvalue weighted by atomic mass is 19.1. The van der Waals surface area contributed by atoms with Gasteiger partial charge in [0.25, 0.3) is 0 Å². The third kappa shape index (κ3) is 3.63. The van der Waals surface area contributed by atoms with Crippen molar-refractivity contribution in [2.24, 2.45) is 0 Å². The number of nitriles is 1. The van der Waals surface area contributed by atoms with Crippen LogP contribution in [0, 0.1) is 17.1 Å². The van der Waals surface area contributed by atoms with Gasteiger partial charge in [0, 0.05) is 24.9 Å².